The highest BCUT2D eigenvalue weighted by atomic mass is 16.6. The molecule has 0 heterocycles. The van der Waals surface area contributed by atoms with E-state index in [2.05, 4.69) is 0 Å². The number of ketones is 1. The van der Waals surface area contributed by atoms with Crippen LogP contribution in [0.1, 0.15) is 53.9 Å². The van der Waals surface area contributed by atoms with Crippen LogP contribution in [0.5, 0.6) is 0 Å². The molecule has 0 N–H and O–H groups in total. The first kappa shape index (κ1) is 18.1. The van der Waals surface area contributed by atoms with Crippen LogP contribution in [0.4, 0.5) is 0 Å². The van der Waals surface area contributed by atoms with Crippen molar-refractivity contribution in [2.24, 2.45) is 0 Å². The zero-order valence-electron chi connectivity index (χ0n) is 14.7. The average molecular weight is 349 g/mol. The molecule has 0 bridgehead atoms. The van der Waals surface area contributed by atoms with Crippen molar-refractivity contribution in [3.05, 3.63) is 93.6 Å². The maximum Gasteiger partial charge on any atom is 0.241 e. The molecule has 0 saturated carbocycles. The van der Waals surface area contributed by atoms with Gasteiger partial charge in [-0.3, -0.25) is 14.9 Å². The number of rotatable bonds is 7. The minimum atomic E-state index is -0.842. The van der Waals surface area contributed by atoms with Gasteiger partial charge in [0.15, 0.2) is 5.78 Å². The predicted octanol–water partition coefficient (Wildman–Crippen LogP) is 5.19. The minimum absolute atomic E-state index is 0.0530. The largest absolute Gasteiger partial charge is 0.294 e. The van der Waals surface area contributed by atoms with Crippen LogP contribution in [0.2, 0.25) is 0 Å². The van der Waals surface area contributed by atoms with Crippen LogP contribution in [0.3, 0.4) is 0 Å². The van der Waals surface area contributed by atoms with E-state index in [1.54, 1.807) is 12.1 Å². The molecule has 26 heavy (non-hydrogen) atoms. The fourth-order valence-electron chi connectivity index (χ4n) is 3.73. The van der Waals surface area contributed by atoms with Crippen molar-refractivity contribution in [3.8, 4) is 0 Å². The Balaban J connectivity index is 1.95. The Bertz CT molecular complexity index is 784. The first-order chi connectivity index (χ1) is 12.7. The molecule has 1 aliphatic carbocycles. The fourth-order valence-corrected chi connectivity index (χ4v) is 3.73. The molecule has 4 heteroatoms. The molecule has 2 aromatic carbocycles. The number of allylic oxidation sites excluding steroid dienone is 1. The van der Waals surface area contributed by atoms with E-state index in [1.807, 2.05) is 54.6 Å². The summed E-state index contributed by atoms with van der Waals surface area (Å²) in [6.07, 6.45) is 5.83. The maximum atomic E-state index is 12.8. The first-order valence-electron chi connectivity index (χ1n) is 9.12. The molecule has 0 amide bonds. The van der Waals surface area contributed by atoms with Crippen LogP contribution in [0, 0.1) is 10.1 Å². The highest BCUT2D eigenvalue weighted by molar-refractivity contribution is 5.96. The maximum absolute atomic E-state index is 12.8. The smallest absolute Gasteiger partial charge is 0.241 e. The van der Waals surface area contributed by atoms with E-state index >= 15 is 0 Å². The standard InChI is InChI=1S/C22H23NO3/c24-21(18-12-6-2-7-13-18)16-20(17-10-4-1-5-11-17)22(23(25)26)19-14-8-3-9-15-19/h1-2,4-7,10-14,20,22H,3,8-9,15-16H2/t20-,22-/m0/s1. The van der Waals surface area contributed by atoms with Gasteiger partial charge < -0.3 is 0 Å². The molecular formula is C22H23NO3. The monoisotopic (exact) mass is 349 g/mol. The van der Waals surface area contributed by atoms with E-state index in [9.17, 15) is 14.9 Å². The van der Waals surface area contributed by atoms with Crippen molar-refractivity contribution in [1.29, 1.82) is 0 Å². The zero-order valence-corrected chi connectivity index (χ0v) is 14.7. The highest BCUT2D eigenvalue weighted by Gasteiger charge is 2.37. The zero-order chi connectivity index (χ0) is 18.4. The SMILES string of the molecule is O=C(C[C@@H](c1ccccc1)[C@H](C1=CCCCC1)[N+](=O)[O-])c1ccccc1. The van der Waals surface area contributed by atoms with Crippen molar-refractivity contribution in [3.63, 3.8) is 0 Å². The molecular weight excluding hydrogens is 326 g/mol. The quantitative estimate of drug-likeness (QED) is 0.299. The van der Waals surface area contributed by atoms with E-state index in [0.717, 1.165) is 36.8 Å². The Hall–Kier alpha value is -2.75. The molecule has 1 aliphatic rings. The normalized spacial score (nSPS) is 16.4. The van der Waals surface area contributed by atoms with Gasteiger partial charge in [0.1, 0.15) is 0 Å². The van der Waals surface area contributed by atoms with Crippen LogP contribution in [0.25, 0.3) is 0 Å². The van der Waals surface area contributed by atoms with Crippen LogP contribution in [-0.4, -0.2) is 16.7 Å². The van der Waals surface area contributed by atoms with Gasteiger partial charge in [0, 0.05) is 16.9 Å². The number of nitrogens with zero attached hydrogens (tertiary/aromatic N) is 1. The average Bonchev–Trinajstić information content (AvgIpc) is 2.69. The molecule has 2 atom stereocenters. The van der Waals surface area contributed by atoms with Gasteiger partial charge in [-0.2, -0.15) is 0 Å². The third-order valence-corrected chi connectivity index (χ3v) is 5.04. The summed E-state index contributed by atoms with van der Waals surface area (Å²) in [5, 5.41) is 12.0. The van der Waals surface area contributed by atoms with E-state index in [0.29, 0.717) is 5.56 Å². The summed E-state index contributed by atoms with van der Waals surface area (Å²) in [6.45, 7) is 0. The second-order valence-corrected chi connectivity index (χ2v) is 6.77. The molecule has 0 radical (unpaired) electrons. The van der Waals surface area contributed by atoms with E-state index in [1.165, 1.54) is 0 Å². The summed E-state index contributed by atoms with van der Waals surface area (Å²) >= 11 is 0. The minimum Gasteiger partial charge on any atom is -0.294 e. The second kappa shape index (κ2) is 8.56. The topological polar surface area (TPSA) is 60.2 Å². The molecule has 0 aromatic heterocycles. The lowest BCUT2D eigenvalue weighted by molar-refractivity contribution is -0.516. The highest BCUT2D eigenvalue weighted by Crippen LogP contribution is 2.34. The number of Topliss-reactive ketones (excluding diaryl/α,β-unsaturated/α-hetero) is 1. The van der Waals surface area contributed by atoms with Gasteiger partial charge in [-0.25, -0.2) is 0 Å². The van der Waals surface area contributed by atoms with Gasteiger partial charge in [-0.1, -0.05) is 66.7 Å². The first-order valence-corrected chi connectivity index (χ1v) is 9.12. The van der Waals surface area contributed by atoms with Gasteiger partial charge in [-0.15, -0.1) is 0 Å². The van der Waals surface area contributed by atoms with Crippen LogP contribution in [-0.2, 0) is 0 Å². The number of carbonyl (C=O) groups is 1. The van der Waals surface area contributed by atoms with Gasteiger partial charge in [-0.05, 0) is 36.8 Å². The van der Waals surface area contributed by atoms with Crippen LogP contribution < -0.4 is 0 Å². The molecule has 0 unspecified atom stereocenters. The summed E-state index contributed by atoms with van der Waals surface area (Å²) in [5.74, 6) is -0.508. The number of hydrogen-bond donors (Lipinski definition) is 0. The summed E-state index contributed by atoms with van der Waals surface area (Å²) in [5.41, 5.74) is 2.33. The Morgan fingerprint density at radius 1 is 1.00 bits per heavy atom. The van der Waals surface area contributed by atoms with Crippen molar-refractivity contribution >= 4 is 5.78 Å². The molecule has 2 aromatic rings. The number of carbonyl (C=O) groups excluding carboxylic acids is 1. The number of benzene rings is 2. The lowest BCUT2D eigenvalue weighted by Gasteiger charge is -2.25. The fraction of sp³-hybridized carbons (Fsp3) is 0.318. The van der Waals surface area contributed by atoms with Gasteiger partial charge >= 0.3 is 0 Å². The summed E-state index contributed by atoms with van der Waals surface area (Å²) in [6, 6.07) is 17.6. The van der Waals surface area contributed by atoms with Crippen molar-refractivity contribution in [2.45, 2.75) is 44.1 Å². The molecule has 0 fully saturated rings. The molecule has 3 rings (SSSR count). The molecule has 0 saturated heterocycles. The Kier molecular flexibility index (Phi) is 5.95. The van der Waals surface area contributed by atoms with E-state index in [-0.39, 0.29) is 17.1 Å². The van der Waals surface area contributed by atoms with Crippen molar-refractivity contribution in [2.75, 3.05) is 0 Å². The Labute approximate surface area is 153 Å². The lowest BCUT2D eigenvalue weighted by Crippen LogP contribution is -2.32. The van der Waals surface area contributed by atoms with E-state index in [4.69, 9.17) is 0 Å². The summed E-state index contributed by atoms with van der Waals surface area (Å²) in [7, 11) is 0. The molecule has 0 spiro atoms. The Morgan fingerprint density at radius 3 is 2.23 bits per heavy atom. The van der Waals surface area contributed by atoms with Crippen molar-refractivity contribution < 1.29 is 9.72 Å². The lowest BCUT2D eigenvalue weighted by atomic mass is 9.80. The third kappa shape index (κ3) is 4.26. The van der Waals surface area contributed by atoms with Gasteiger partial charge in [0.05, 0.1) is 5.92 Å². The number of hydrogen-bond acceptors (Lipinski definition) is 3. The third-order valence-electron chi connectivity index (χ3n) is 5.04. The van der Waals surface area contributed by atoms with Gasteiger partial charge in [0.2, 0.25) is 6.04 Å². The summed E-state index contributed by atoms with van der Waals surface area (Å²) in [4.78, 5) is 24.6. The van der Waals surface area contributed by atoms with Gasteiger partial charge in [0.25, 0.3) is 0 Å². The molecule has 0 aliphatic heterocycles. The molecule has 134 valence electrons. The van der Waals surface area contributed by atoms with Crippen molar-refractivity contribution in [1.82, 2.24) is 0 Å². The predicted molar refractivity (Wildman–Crippen MR) is 102 cm³/mol. The Morgan fingerprint density at radius 2 is 1.65 bits per heavy atom. The summed E-state index contributed by atoms with van der Waals surface area (Å²) < 4.78 is 0. The second-order valence-electron chi connectivity index (χ2n) is 6.77. The molecule has 4 nitrogen and oxygen atoms in total. The number of nitro groups is 1. The van der Waals surface area contributed by atoms with Crippen LogP contribution >= 0.6 is 0 Å². The van der Waals surface area contributed by atoms with E-state index < -0.39 is 12.0 Å². The van der Waals surface area contributed by atoms with Crippen LogP contribution in [0.15, 0.2) is 72.3 Å².